The van der Waals surface area contributed by atoms with E-state index in [-0.39, 0.29) is 30.4 Å². The molecule has 2 aromatic carbocycles. The number of imide groups is 1. The van der Waals surface area contributed by atoms with E-state index in [1.807, 2.05) is 6.92 Å². The van der Waals surface area contributed by atoms with Crippen molar-refractivity contribution in [1.82, 2.24) is 15.5 Å². The van der Waals surface area contributed by atoms with Crippen molar-refractivity contribution < 1.29 is 14.4 Å². The maximum Gasteiger partial charge on any atom is 0.315 e. The minimum Gasteiger partial charge on any atom is -0.338 e. The third-order valence-electron chi connectivity index (χ3n) is 6.00. The molecule has 1 heterocycles. The topological polar surface area (TPSA) is 78.5 Å². The number of hydrogen-bond acceptors (Lipinski definition) is 3. The van der Waals surface area contributed by atoms with Crippen molar-refractivity contribution in [3.8, 4) is 0 Å². The molecule has 4 amide bonds. The van der Waals surface area contributed by atoms with E-state index in [2.05, 4.69) is 44.8 Å². The molecule has 2 N–H and O–H groups in total. The number of carbonyl (C=O) groups excluding carboxylic acids is 3. The zero-order valence-corrected chi connectivity index (χ0v) is 19.1. The number of halogens is 1. The lowest BCUT2D eigenvalue weighted by Gasteiger charge is -2.20. The van der Waals surface area contributed by atoms with Gasteiger partial charge in [0.15, 0.2) is 0 Å². The Kier molecular flexibility index (Phi) is 6.41. The van der Waals surface area contributed by atoms with Crippen LogP contribution < -0.4 is 10.6 Å². The van der Waals surface area contributed by atoms with Gasteiger partial charge in [-0.3, -0.25) is 14.5 Å². The molecule has 4 rings (SSSR count). The first-order chi connectivity index (χ1) is 14.9. The SMILES string of the molecule is CC(NC(=O)NCCCN1C(=O)c2ccc(Br)cc2C1=O)c1ccc2c(c1)CCCC2. The highest BCUT2D eigenvalue weighted by Gasteiger charge is 2.35. The molecule has 0 saturated heterocycles. The van der Waals surface area contributed by atoms with Crippen LogP contribution in [0.25, 0.3) is 0 Å². The summed E-state index contributed by atoms with van der Waals surface area (Å²) in [7, 11) is 0. The highest BCUT2D eigenvalue weighted by atomic mass is 79.9. The smallest absolute Gasteiger partial charge is 0.315 e. The fourth-order valence-corrected chi connectivity index (χ4v) is 4.62. The highest BCUT2D eigenvalue weighted by Crippen LogP contribution is 2.26. The molecule has 0 fully saturated rings. The van der Waals surface area contributed by atoms with Crippen molar-refractivity contribution in [3.63, 3.8) is 0 Å². The molecule has 0 aromatic heterocycles. The van der Waals surface area contributed by atoms with Crippen LogP contribution in [0.4, 0.5) is 4.79 Å². The summed E-state index contributed by atoms with van der Waals surface area (Å²) in [4.78, 5) is 38.4. The lowest BCUT2D eigenvalue weighted by atomic mass is 9.89. The highest BCUT2D eigenvalue weighted by molar-refractivity contribution is 9.10. The van der Waals surface area contributed by atoms with Gasteiger partial charge >= 0.3 is 6.03 Å². The standard InChI is InChI=1S/C24H26BrN3O3/c1-15(17-8-7-16-5-2-3-6-18(16)13-17)27-24(31)26-11-4-12-28-22(29)20-10-9-19(25)14-21(20)23(28)30/h7-10,13-15H,2-6,11-12H2,1H3,(H2,26,27,31). The monoisotopic (exact) mass is 483 g/mol. The van der Waals surface area contributed by atoms with Gasteiger partial charge in [0.05, 0.1) is 17.2 Å². The second-order valence-corrected chi connectivity index (χ2v) is 9.08. The van der Waals surface area contributed by atoms with Crippen LogP contribution in [-0.2, 0) is 12.8 Å². The number of hydrogen-bond donors (Lipinski definition) is 2. The second kappa shape index (κ2) is 9.22. The molecule has 6 nitrogen and oxygen atoms in total. The number of nitrogens with one attached hydrogen (secondary N) is 2. The molecule has 0 saturated carbocycles. The van der Waals surface area contributed by atoms with E-state index in [0.717, 1.165) is 22.9 Å². The number of urea groups is 1. The molecule has 1 atom stereocenters. The normalized spacial score (nSPS) is 16.0. The van der Waals surface area contributed by atoms with Crippen LogP contribution in [0, 0.1) is 0 Å². The number of aryl methyl sites for hydroxylation is 2. The van der Waals surface area contributed by atoms with Gasteiger partial charge in [-0.25, -0.2) is 4.79 Å². The van der Waals surface area contributed by atoms with Gasteiger partial charge in [-0.2, -0.15) is 0 Å². The summed E-state index contributed by atoms with van der Waals surface area (Å²) in [5.41, 5.74) is 4.77. The Balaban J connectivity index is 1.24. The van der Waals surface area contributed by atoms with Crippen LogP contribution in [0.2, 0.25) is 0 Å². The van der Waals surface area contributed by atoms with Crippen molar-refractivity contribution in [2.24, 2.45) is 0 Å². The number of nitrogens with zero attached hydrogens (tertiary/aromatic N) is 1. The fourth-order valence-electron chi connectivity index (χ4n) is 4.26. The van der Waals surface area contributed by atoms with Crippen LogP contribution in [-0.4, -0.2) is 35.8 Å². The van der Waals surface area contributed by atoms with Gasteiger partial charge in [-0.05, 0) is 73.9 Å². The number of amides is 4. The Morgan fingerprint density at radius 2 is 1.77 bits per heavy atom. The van der Waals surface area contributed by atoms with E-state index in [1.165, 1.54) is 28.9 Å². The number of carbonyl (C=O) groups is 3. The summed E-state index contributed by atoms with van der Waals surface area (Å²) in [6.45, 7) is 2.62. The van der Waals surface area contributed by atoms with Gasteiger partial charge in [0.25, 0.3) is 11.8 Å². The number of fused-ring (bicyclic) bond motifs is 2. The first kappa shape index (κ1) is 21.6. The van der Waals surface area contributed by atoms with Gasteiger partial charge in [0.1, 0.15) is 0 Å². The van der Waals surface area contributed by atoms with Crippen molar-refractivity contribution in [1.29, 1.82) is 0 Å². The molecule has 0 bridgehead atoms. The van der Waals surface area contributed by atoms with Gasteiger partial charge in [-0.1, -0.05) is 34.1 Å². The zero-order chi connectivity index (χ0) is 22.0. The largest absolute Gasteiger partial charge is 0.338 e. The third kappa shape index (κ3) is 4.66. The molecule has 1 aliphatic heterocycles. The second-order valence-electron chi connectivity index (χ2n) is 8.16. The molecule has 0 radical (unpaired) electrons. The first-order valence-corrected chi connectivity index (χ1v) is 11.5. The Morgan fingerprint density at radius 3 is 2.58 bits per heavy atom. The van der Waals surface area contributed by atoms with Crippen molar-refractivity contribution in [3.05, 3.63) is 68.7 Å². The molecular formula is C24H26BrN3O3. The molecule has 7 heteroatoms. The zero-order valence-electron chi connectivity index (χ0n) is 17.5. The van der Waals surface area contributed by atoms with Crippen LogP contribution in [0.5, 0.6) is 0 Å². The molecular weight excluding hydrogens is 458 g/mol. The molecule has 162 valence electrons. The summed E-state index contributed by atoms with van der Waals surface area (Å²) in [5.74, 6) is -0.565. The molecule has 1 unspecified atom stereocenters. The van der Waals surface area contributed by atoms with E-state index < -0.39 is 0 Å². The van der Waals surface area contributed by atoms with E-state index in [1.54, 1.807) is 18.2 Å². The molecule has 2 aromatic rings. The number of benzene rings is 2. The molecule has 0 spiro atoms. The Labute approximate surface area is 190 Å². The Bertz CT molecular complexity index is 1040. The van der Waals surface area contributed by atoms with Crippen LogP contribution in [0.1, 0.15) is 69.6 Å². The minimum absolute atomic E-state index is 0.0955. The molecule has 1 aliphatic carbocycles. The lowest BCUT2D eigenvalue weighted by molar-refractivity contribution is 0.0653. The molecule has 31 heavy (non-hydrogen) atoms. The van der Waals surface area contributed by atoms with E-state index in [4.69, 9.17) is 0 Å². The van der Waals surface area contributed by atoms with E-state index in [9.17, 15) is 14.4 Å². The van der Waals surface area contributed by atoms with E-state index in [0.29, 0.717) is 24.1 Å². The van der Waals surface area contributed by atoms with Crippen molar-refractivity contribution >= 4 is 33.8 Å². The van der Waals surface area contributed by atoms with Crippen LogP contribution in [0.3, 0.4) is 0 Å². The Hall–Kier alpha value is -2.67. The van der Waals surface area contributed by atoms with Crippen molar-refractivity contribution in [2.75, 3.05) is 13.1 Å². The van der Waals surface area contributed by atoms with Gasteiger partial charge in [0.2, 0.25) is 0 Å². The predicted molar refractivity (Wildman–Crippen MR) is 122 cm³/mol. The minimum atomic E-state index is -0.285. The lowest BCUT2D eigenvalue weighted by Crippen LogP contribution is -2.39. The van der Waals surface area contributed by atoms with Crippen LogP contribution in [0.15, 0.2) is 40.9 Å². The number of rotatable bonds is 6. The van der Waals surface area contributed by atoms with Crippen LogP contribution >= 0.6 is 15.9 Å². The summed E-state index contributed by atoms with van der Waals surface area (Å²) in [6.07, 6.45) is 5.22. The summed E-state index contributed by atoms with van der Waals surface area (Å²) < 4.78 is 0.764. The maximum atomic E-state index is 12.5. The van der Waals surface area contributed by atoms with Gasteiger partial charge in [0, 0.05) is 17.6 Å². The maximum absolute atomic E-state index is 12.5. The average Bonchev–Trinajstić information content (AvgIpc) is 3.00. The summed E-state index contributed by atoms with van der Waals surface area (Å²) >= 11 is 3.33. The summed E-state index contributed by atoms with van der Waals surface area (Å²) in [5, 5.41) is 5.79. The fraction of sp³-hybridized carbons (Fsp3) is 0.375. The quantitative estimate of drug-likeness (QED) is 0.472. The predicted octanol–water partition coefficient (Wildman–Crippen LogP) is 4.37. The first-order valence-electron chi connectivity index (χ1n) is 10.8. The van der Waals surface area contributed by atoms with Gasteiger partial charge in [-0.15, -0.1) is 0 Å². The average molecular weight is 484 g/mol. The van der Waals surface area contributed by atoms with E-state index >= 15 is 0 Å². The Morgan fingerprint density at radius 1 is 1.03 bits per heavy atom. The summed E-state index contributed by atoms with van der Waals surface area (Å²) in [6, 6.07) is 11.2. The molecule has 2 aliphatic rings. The van der Waals surface area contributed by atoms with Crippen molar-refractivity contribution in [2.45, 2.75) is 45.1 Å². The third-order valence-corrected chi connectivity index (χ3v) is 6.49. The van der Waals surface area contributed by atoms with Gasteiger partial charge < -0.3 is 10.6 Å².